The topological polar surface area (TPSA) is 155 Å². The van der Waals surface area contributed by atoms with Crippen molar-refractivity contribution in [2.45, 2.75) is 36.5 Å². The number of amides is 1. The van der Waals surface area contributed by atoms with E-state index in [9.17, 15) is 41.0 Å². The Balaban J connectivity index is 0.000000417. The van der Waals surface area contributed by atoms with Gasteiger partial charge in [-0.3, -0.25) is 14.3 Å². The van der Waals surface area contributed by atoms with E-state index in [2.05, 4.69) is 30.6 Å². The van der Waals surface area contributed by atoms with Gasteiger partial charge in [-0.15, -0.1) is 0 Å². The molecule has 2 aromatic heterocycles. The smallest absolute Gasteiger partial charge is 0.416 e. The lowest BCUT2D eigenvalue weighted by atomic mass is 9.98. The van der Waals surface area contributed by atoms with E-state index in [4.69, 9.17) is 0 Å². The number of carbonyl (C=O) groups excluding carboxylic acids is 1. The van der Waals surface area contributed by atoms with Crippen molar-refractivity contribution >= 4 is 16.0 Å². The van der Waals surface area contributed by atoms with Gasteiger partial charge in [0.05, 0.1) is 66.0 Å². The largest absolute Gasteiger partial charge is 0.744 e. The summed E-state index contributed by atoms with van der Waals surface area (Å²) in [4.78, 5) is 28.1. The van der Waals surface area contributed by atoms with E-state index < -0.39 is 33.3 Å². The Labute approximate surface area is 303 Å². The first-order chi connectivity index (χ1) is 25.0. The van der Waals surface area contributed by atoms with Crippen molar-refractivity contribution in [1.82, 2.24) is 24.5 Å². The molecular formula is C37H36F3N7O5S. The fourth-order valence-electron chi connectivity index (χ4n) is 7.59. The zero-order chi connectivity index (χ0) is 38.3. The van der Waals surface area contributed by atoms with Crippen molar-refractivity contribution in [3.05, 3.63) is 118 Å². The molecule has 0 radical (unpaired) electrons. The number of aromatic nitrogens is 4. The van der Waals surface area contributed by atoms with E-state index >= 15 is 0 Å². The van der Waals surface area contributed by atoms with Crippen LogP contribution in [0.3, 0.4) is 0 Å². The number of nitrogens with one attached hydrogen (secondary N) is 1. The normalized spacial score (nSPS) is 19.2. The summed E-state index contributed by atoms with van der Waals surface area (Å²) in [5, 5.41) is 16.8. The molecule has 12 nitrogen and oxygen atoms in total. The molecule has 1 aliphatic heterocycles. The van der Waals surface area contributed by atoms with Crippen LogP contribution in [0.1, 0.15) is 40.7 Å². The molecule has 7 rings (SSSR count). The summed E-state index contributed by atoms with van der Waals surface area (Å²) in [7, 11) is 1.41. The first kappa shape index (κ1) is 37.3. The Morgan fingerprint density at radius 3 is 2.32 bits per heavy atom. The highest BCUT2D eigenvalue weighted by Gasteiger charge is 2.52. The number of quaternary nitrogens is 1. The van der Waals surface area contributed by atoms with E-state index in [0.29, 0.717) is 27.3 Å². The molecule has 1 saturated carbocycles. The van der Waals surface area contributed by atoms with Crippen LogP contribution in [0.4, 0.5) is 13.2 Å². The second-order valence-corrected chi connectivity index (χ2v) is 15.1. The third-order valence-electron chi connectivity index (χ3n) is 9.93. The molecule has 1 amide bonds. The van der Waals surface area contributed by atoms with Crippen LogP contribution in [0.15, 0.2) is 101 Å². The third-order valence-corrected chi connectivity index (χ3v) is 10.8. The lowest BCUT2D eigenvalue weighted by Gasteiger charge is -2.34. The average molecular weight is 748 g/mol. The fraction of sp³-hybridized carbons (Fsp3) is 0.297. The van der Waals surface area contributed by atoms with Crippen molar-refractivity contribution in [1.29, 1.82) is 5.26 Å². The summed E-state index contributed by atoms with van der Waals surface area (Å²) < 4.78 is 76.3. The Morgan fingerprint density at radius 1 is 1.00 bits per heavy atom. The number of halogens is 3. The van der Waals surface area contributed by atoms with Gasteiger partial charge in [-0.2, -0.15) is 23.5 Å². The van der Waals surface area contributed by atoms with Crippen LogP contribution in [0.2, 0.25) is 0 Å². The summed E-state index contributed by atoms with van der Waals surface area (Å²) in [6.07, 6.45) is -0.143. The van der Waals surface area contributed by atoms with Crippen LogP contribution < -0.4 is 10.9 Å². The van der Waals surface area contributed by atoms with Gasteiger partial charge in [0.2, 0.25) is 0 Å². The van der Waals surface area contributed by atoms with E-state index in [1.54, 1.807) is 36.4 Å². The Kier molecular flexibility index (Phi) is 9.94. The van der Waals surface area contributed by atoms with Crippen molar-refractivity contribution in [2.75, 3.05) is 20.6 Å². The van der Waals surface area contributed by atoms with Crippen molar-refractivity contribution in [2.24, 2.45) is 18.9 Å². The van der Waals surface area contributed by atoms with E-state index in [1.807, 2.05) is 0 Å². The average Bonchev–Trinajstić information content (AvgIpc) is 3.88. The van der Waals surface area contributed by atoms with Gasteiger partial charge in [0.1, 0.15) is 21.4 Å². The highest BCUT2D eigenvalue weighted by atomic mass is 32.2. The van der Waals surface area contributed by atoms with Gasteiger partial charge in [-0.25, -0.2) is 17.8 Å². The number of hydrogen-bond donors (Lipinski definition) is 1. The van der Waals surface area contributed by atoms with E-state index in [1.165, 1.54) is 59.0 Å². The van der Waals surface area contributed by atoms with Gasteiger partial charge >= 0.3 is 6.18 Å². The molecule has 2 fully saturated rings. The van der Waals surface area contributed by atoms with Gasteiger partial charge < -0.3 is 14.4 Å². The molecule has 3 aromatic carbocycles. The molecule has 16 heteroatoms. The second-order valence-electron chi connectivity index (χ2n) is 13.7. The first-order valence-electron chi connectivity index (χ1n) is 16.7. The summed E-state index contributed by atoms with van der Waals surface area (Å²) in [5.74, 6) is 0.175. The van der Waals surface area contributed by atoms with E-state index in [-0.39, 0.29) is 33.9 Å². The van der Waals surface area contributed by atoms with Crippen molar-refractivity contribution in [3.63, 3.8) is 0 Å². The maximum atomic E-state index is 14.2. The number of likely N-dealkylation sites (tertiary alicyclic amines) is 1. The molecule has 53 heavy (non-hydrogen) atoms. The van der Waals surface area contributed by atoms with Crippen LogP contribution in [0.5, 0.6) is 0 Å². The number of carbonyl (C=O) groups is 1. The number of nitrogens with zero attached hydrogens (tertiary/aromatic N) is 6. The highest BCUT2D eigenvalue weighted by molar-refractivity contribution is 7.85. The van der Waals surface area contributed by atoms with Crippen LogP contribution in [-0.4, -0.2) is 69.3 Å². The standard InChI is InChI=1S/C31H30F3N7O2.C6H6O3S/c1-38-27(25-14-15-36-39(25)22-12-10-19(17-35)11-13-22)26(29(42)37-28-24-9-4-6-20(24)18-41(28,2)3)30(43)40(38)23-8-5-7-21(16-23)31(32,33)34;7-10(8,9)6-4-2-1-3-5-6/h5,7-8,10-16,20,24,28H,4,6,9,18H2,1-3H3;1-5H,(H,7,8,9). The summed E-state index contributed by atoms with van der Waals surface area (Å²) in [5.41, 5.74) is -0.252. The van der Waals surface area contributed by atoms with Gasteiger partial charge in [0.25, 0.3) is 11.5 Å². The molecule has 3 atom stereocenters. The maximum Gasteiger partial charge on any atom is 0.416 e. The molecule has 2 aliphatic rings. The molecule has 5 aromatic rings. The van der Waals surface area contributed by atoms with E-state index in [0.717, 1.165) is 42.6 Å². The molecule has 3 heterocycles. The summed E-state index contributed by atoms with van der Waals surface area (Å²) >= 11 is 0. The number of benzene rings is 3. The Bertz CT molecular complexity index is 2360. The quantitative estimate of drug-likeness (QED) is 0.188. The lowest BCUT2D eigenvalue weighted by molar-refractivity contribution is -0.907. The summed E-state index contributed by atoms with van der Waals surface area (Å²) in [6, 6.07) is 22.0. The maximum absolute atomic E-state index is 14.2. The number of alkyl halides is 3. The van der Waals surface area contributed by atoms with Gasteiger partial charge in [0.15, 0.2) is 6.17 Å². The zero-order valence-electron chi connectivity index (χ0n) is 29.0. The minimum atomic E-state index is -4.62. The minimum absolute atomic E-state index is 0.0279. The summed E-state index contributed by atoms with van der Waals surface area (Å²) in [6.45, 7) is 0.914. The monoisotopic (exact) mass is 747 g/mol. The molecule has 1 saturated heterocycles. The molecule has 0 spiro atoms. The van der Waals surface area contributed by atoms with Crippen molar-refractivity contribution < 1.29 is 35.4 Å². The molecule has 276 valence electrons. The molecule has 0 bridgehead atoms. The number of hydrogen-bond acceptors (Lipinski definition) is 7. The predicted molar refractivity (Wildman–Crippen MR) is 187 cm³/mol. The van der Waals surface area contributed by atoms with Gasteiger partial charge in [-0.05, 0) is 73.5 Å². The Hall–Kier alpha value is -5.50. The van der Waals surface area contributed by atoms with Gasteiger partial charge in [-0.1, -0.05) is 30.7 Å². The SMILES string of the molecule is Cn1c(-c2ccnn2-c2ccc(C#N)cc2)c(C(=O)NC2C3CCCC3C[N+]2(C)C)c(=O)n1-c1cccc(C(F)(F)F)c1.O=S(=O)([O-])c1ccccc1. The molecule has 3 unspecified atom stereocenters. The zero-order valence-corrected chi connectivity index (χ0v) is 29.8. The van der Waals surface area contributed by atoms with Crippen LogP contribution in [0.25, 0.3) is 22.8 Å². The molecular weight excluding hydrogens is 712 g/mol. The van der Waals surface area contributed by atoms with Crippen LogP contribution >= 0.6 is 0 Å². The van der Waals surface area contributed by atoms with Gasteiger partial charge in [0, 0.05) is 18.9 Å². The highest BCUT2D eigenvalue weighted by Crippen LogP contribution is 2.43. The minimum Gasteiger partial charge on any atom is -0.744 e. The predicted octanol–water partition coefficient (Wildman–Crippen LogP) is 5.07. The number of nitriles is 1. The van der Waals surface area contributed by atoms with Crippen LogP contribution in [0, 0.1) is 23.2 Å². The second kappa shape index (κ2) is 14.1. The Morgan fingerprint density at radius 2 is 1.70 bits per heavy atom. The third kappa shape index (κ3) is 7.41. The number of fused-ring (bicyclic) bond motifs is 1. The molecule has 1 aliphatic carbocycles. The number of rotatable bonds is 6. The van der Waals surface area contributed by atoms with Crippen LogP contribution in [-0.2, 0) is 23.3 Å². The molecule has 1 N–H and O–H groups in total. The lowest BCUT2D eigenvalue weighted by Crippen LogP contribution is -2.56. The first-order valence-corrected chi connectivity index (χ1v) is 18.1. The van der Waals surface area contributed by atoms with Crippen molar-refractivity contribution in [3.8, 4) is 28.8 Å². The fourth-order valence-corrected chi connectivity index (χ4v) is 8.08.